The molecule has 0 aliphatic rings. The number of hydrogen-bond donors (Lipinski definition) is 1. The van der Waals surface area contributed by atoms with Gasteiger partial charge in [-0.25, -0.2) is 4.57 Å². The highest BCUT2D eigenvalue weighted by Gasteiger charge is 2.25. The van der Waals surface area contributed by atoms with Gasteiger partial charge in [0.1, 0.15) is 17.2 Å². The Balaban J connectivity index is 1.57. The van der Waals surface area contributed by atoms with E-state index in [1.54, 1.807) is 48.5 Å². The highest BCUT2D eigenvalue weighted by molar-refractivity contribution is 7.48. The number of rotatable bonds is 9. The molecule has 4 aromatic carbocycles. The van der Waals surface area contributed by atoms with E-state index in [0.29, 0.717) is 22.4 Å². The predicted octanol–water partition coefficient (Wildman–Crippen LogP) is 6.59. The molecule has 1 N–H and O–H groups in total. The quantitative estimate of drug-likeness (QED) is 0.0671. The standard InChI is InChI=1S/C29H23O7P/c1-21(30)34-25-16-12-23(13-17-25)28(20-22-8-4-2-5-9-22)29(31)24-14-18-27(19-15-24)36-37(32,33)35-26-10-6-3-7-11-26/h2-20H,1H3,(H,32,33). The summed E-state index contributed by atoms with van der Waals surface area (Å²) >= 11 is 0. The SMILES string of the molecule is CC(=O)Oc1ccc(C(=Cc2ccccc2)C(=O)c2ccc(OP(=O)(O)Oc3ccccc3)cc2)cc1. The third kappa shape index (κ3) is 7.27. The minimum atomic E-state index is -4.44. The highest BCUT2D eigenvalue weighted by Crippen LogP contribution is 2.44. The van der Waals surface area contributed by atoms with Gasteiger partial charge in [-0.2, -0.15) is 0 Å². The molecule has 7 nitrogen and oxygen atoms in total. The van der Waals surface area contributed by atoms with E-state index in [0.717, 1.165) is 5.56 Å². The van der Waals surface area contributed by atoms with E-state index in [4.69, 9.17) is 13.8 Å². The van der Waals surface area contributed by atoms with Crippen LogP contribution in [0.4, 0.5) is 0 Å². The molecule has 0 aromatic heterocycles. The van der Waals surface area contributed by atoms with E-state index in [9.17, 15) is 19.0 Å². The van der Waals surface area contributed by atoms with Crippen molar-refractivity contribution in [3.63, 3.8) is 0 Å². The van der Waals surface area contributed by atoms with Crippen LogP contribution in [0.1, 0.15) is 28.4 Å². The van der Waals surface area contributed by atoms with Crippen molar-refractivity contribution in [1.29, 1.82) is 0 Å². The molecule has 0 saturated heterocycles. The van der Waals surface area contributed by atoms with E-state index in [-0.39, 0.29) is 17.3 Å². The van der Waals surface area contributed by atoms with Crippen LogP contribution in [-0.4, -0.2) is 16.6 Å². The van der Waals surface area contributed by atoms with Crippen molar-refractivity contribution in [3.05, 3.63) is 126 Å². The van der Waals surface area contributed by atoms with Gasteiger partial charge < -0.3 is 13.8 Å². The lowest BCUT2D eigenvalue weighted by atomic mass is 9.94. The summed E-state index contributed by atoms with van der Waals surface area (Å²) in [5.74, 6) is -0.0836. The van der Waals surface area contributed by atoms with Gasteiger partial charge in [0, 0.05) is 18.1 Å². The van der Waals surface area contributed by atoms with Gasteiger partial charge in [0.25, 0.3) is 0 Å². The van der Waals surface area contributed by atoms with Crippen molar-refractivity contribution >= 4 is 31.2 Å². The third-order valence-electron chi connectivity index (χ3n) is 5.08. The van der Waals surface area contributed by atoms with Gasteiger partial charge in [0.2, 0.25) is 0 Å². The van der Waals surface area contributed by atoms with E-state index < -0.39 is 13.8 Å². The maximum atomic E-state index is 13.5. The monoisotopic (exact) mass is 514 g/mol. The second-order valence-electron chi connectivity index (χ2n) is 7.90. The summed E-state index contributed by atoms with van der Waals surface area (Å²) in [7, 11) is -4.44. The van der Waals surface area contributed by atoms with Crippen LogP contribution in [0.25, 0.3) is 11.6 Å². The van der Waals surface area contributed by atoms with Crippen molar-refractivity contribution in [2.45, 2.75) is 6.92 Å². The van der Waals surface area contributed by atoms with Crippen molar-refractivity contribution in [2.75, 3.05) is 0 Å². The van der Waals surface area contributed by atoms with Gasteiger partial charge in [0.15, 0.2) is 5.78 Å². The Labute approximate surface area is 214 Å². The Morgan fingerprint density at radius 2 is 1.16 bits per heavy atom. The fraction of sp³-hybridized carbons (Fsp3) is 0.0345. The van der Waals surface area contributed by atoms with Crippen LogP contribution in [0.15, 0.2) is 109 Å². The van der Waals surface area contributed by atoms with Gasteiger partial charge in [-0.1, -0.05) is 60.7 Å². The molecule has 0 aliphatic carbocycles. The number of carbonyl (C=O) groups is 2. The lowest BCUT2D eigenvalue weighted by molar-refractivity contribution is -0.131. The average Bonchev–Trinajstić information content (AvgIpc) is 2.88. The first-order valence-electron chi connectivity index (χ1n) is 11.3. The van der Waals surface area contributed by atoms with Crippen LogP contribution in [0, 0.1) is 0 Å². The average molecular weight is 514 g/mol. The van der Waals surface area contributed by atoms with Crippen LogP contribution in [0.3, 0.4) is 0 Å². The zero-order valence-corrected chi connectivity index (χ0v) is 20.7. The largest absolute Gasteiger partial charge is 0.584 e. The molecule has 186 valence electrons. The number of benzene rings is 4. The van der Waals surface area contributed by atoms with E-state index in [1.165, 1.54) is 43.3 Å². The Bertz CT molecular complexity index is 1450. The number of Topliss-reactive ketones (excluding diaryl/α,β-unsaturated/α-hetero) is 1. The number of phosphoric acid groups is 1. The van der Waals surface area contributed by atoms with Gasteiger partial charge in [-0.05, 0) is 65.7 Å². The number of para-hydroxylation sites is 1. The Kier molecular flexibility index (Phi) is 7.98. The molecule has 0 spiro atoms. The van der Waals surface area contributed by atoms with Crippen LogP contribution >= 0.6 is 7.82 Å². The first-order chi connectivity index (χ1) is 17.8. The molecular formula is C29H23O7P. The molecule has 0 heterocycles. The lowest BCUT2D eigenvalue weighted by Crippen LogP contribution is -2.05. The van der Waals surface area contributed by atoms with Crippen molar-refractivity contribution < 1.29 is 32.8 Å². The number of hydrogen-bond acceptors (Lipinski definition) is 6. The van der Waals surface area contributed by atoms with Crippen LogP contribution in [0.5, 0.6) is 17.2 Å². The molecule has 37 heavy (non-hydrogen) atoms. The molecule has 0 radical (unpaired) electrons. The molecule has 0 bridgehead atoms. The number of ketones is 1. The number of allylic oxidation sites excluding steroid dienone is 1. The first kappa shape index (κ1) is 25.6. The minimum absolute atomic E-state index is 0.0673. The molecule has 8 heteroatoms. The first-order valence-corrected chi connectivity index (χ1v) is 12.8. The molecule has 0 aliphatic heterocycles. The van der Waals surface area contributed by atoms with Gasteiger partial charge >= 0.3 is 13.8 Å². The fourth-order valence-corrected chi connectivity index (χ4v) is 4.27. The molecule has 0 saturated carbocycles. The van der Waals surface area contributed by atoms with Gasteiger partial charge in [0.05, 0.1) is 0 Å². The summed E-state index contributed by atoms with van der Waals surface area (Å²) in [6.07, 6.45) is 1.77. The minimum Gasteiger partial charge on any atom is -0.427 e. The van der Waals surface area contributed by atoms with Crippen LogP contribution < -0.4 is 13.8 Å². The topological polar surface area (TPSA) is 99.1 Å². The third-order valence-corrected chi connectivity index (χ3v) is 5.97. The summed E-state index contributed by atoms with van der Waals surface area (Å²) in [5.41, 5.74) is 2.21. The molecular weight excluding hydrogens is 491 g/mol. The van der Waals surface area contributed by atoms with E-state index >= 15 is 0 Å². The summed E-state index contributed by atoms with van der Waals surface area (Å²) in [6.45, 7) is 1.31. The summed E-state index contributed by atoms with van der Waals surface area (Å²) in [4.78, 5) is 34.8. The summed E-state index contributed by atoms with van der Waals surface area (Å²) in [5, 5.41) is 0. The zero-order chi connectivity index (χ0) is 26.3. The predicted molar refractivity (Wildman–Crippen MR) is 140 cm³/mol. The number of esters is 1. The summed E-state index contributed by atoms with van der Waals surface area (Å²) < 4.78 is 27.7. The number of ether oxygens (including phenoxy) is 1. The zero-order valence-electron chi connectivity index (χ0n) is 19.8. The van der Waals surface area contributed by atoms with Crippen LogP contribution in [0.2, 0.25) is 0 Å². The number of carbonyl (C=O) groups excluding carboxylic acids is 2. The van der Waals surface area contributed by atoms with E-state index in [2.05, 4.69) is 0 Å². The Hall–Kier alpha value is -4.45. The fourth-order valence-electron chi connectivity index (χ4n) is 3.45. The van der Waals surface area contributed by atoms with Crippen molar-refractivity contribution in [2.24, 2.45) is 0 Å². The molecule has 1 unspecified atom stereocenters. The van der Waals surface area contributed by atoms with Gasteiger partial charge in [-0.3, -0.25) is 14.5 Å². The number of phosphoric ester groups is 1. The highest BCUT2D eigenvalue weighted by atomic mass is 31.2. The van der Waals surface area contributed by atoms with E-state index in [1.807, 2.05) is 30.3 Å². The van der Waals surface area contributed by atoms with Crippen molar-refractivity contribution in [1.82, 2.24) is 0 Å². The maximum absolute atomic E-state index is 13.5. The molecule has 1 atom stereocenters. The molecule has 4 aromatic rings. The second kappa shape index (κ2) is 11.5. The smallest absolute Gasteiger partial charge is 0.427 e. The van der Waals surface area contributed by atoms with Gasteiger partial charge in [-0.15, -0.1) is 0 Å². The Morgan fingerprint density at radius 1 is 0.676 bits per heavy atom. The van der Waals surface area contributed by atoms with Crippen LogP contribution in [-0.2, 0) is 9.36 Å². The molecule has 0 amide bonds. The maximum Gasteiger partial charge on any atom is 0.584 e. The lowest BCUT2D eigenvalue weighted by Gasteiger charge is -2.14. The molecule has 4 rings (SSSR count). The Morgan fingerprint density at radius 3 is 1.73 bits per heavy atom. The van der Waals surface area contributed by atoms with Crippen molar-refractivity contribution in [3.8, 4) is 17.2 Å². The molecule has 0 fully saturated rings. The normalized spacial score (nSPS) is 12.8. The summed E-state index contributed by atoms with van der Waals surface area (Å²) in [6, 6.07) is 30.0. The second-order valence-corrected chi connectivity index (χ2v) is 9.21.